The van der Waals surface area contributed by atoms with E-state index in [1.807, 2.05) is 6.92 Å². The molecule has 1 heterocycles. The molecule has 1 aliphatic rings. The molecule has 0 bridgehead atoms. The molecule has 1 atom stereocenters. The molecular weight excluding hydrogens is 132 g/mol. The zero-order chi connectivity index (χ0) is 7.56. The average Bonchev–Trinajstić information content (AvgIpc) is 2.20. The van der Waals surface area contributed by atoms with Crippen LogP contribution in [-0.2, 0) is 9.53 Å². The summed E-state index contributed by atoms with van der Waals surface area (Å²) in [6.45, 7) is 1.97. The van der Waals surface area contributed by atoms with Crippen LogP contribution in [0.1, 0.15) is 19.8 Å². The summed E-state index contributed by atoms with van der Waals surface area (Å²) in [4.78, 5) is 10.9. The Morgan fingerprint density at radius 2 is 2.50 bits per heavy atom. The molecule has 0 aromatic rings. The first-order chi connectivity index (χ1) is 4.75. The van der Waals surface area contributed by atoms with E-state index in [1.165, 1.54) is 6.26 Å². The predicted octanol–water partition coefficient (Wildman–Crippen LogP) is 0.588. The zero-order valence-electron chi connectivity index (χ0n) is 5.83. The highest BCUT2D eigenvalue weighted by molar-refractivity contribution is 5.99. The molecule has 0 aromatic heterocycles. The minimum Gasteiger partial charge on any atom is -0.464 e. The standard InChI is InChI=1S/C7H10O3/c1-2-3-5-4-10-7(9)6(5)8/h4,7,9H,2-3H2,1H3. The van der Waals surface area contributed by atoms with Gasteiger partial charge in [0.2, 0.25) is 5.78 Å². The van der Waals surface area contributed by atoms with E-state index in [0.717, 1.165) is 6.42 Å². The third-order valence-electron chi connectivity index (χ3n) is 1.40. The minimum atomic E-state index is -1.23. The molecule has 3 nitrogen and oxygen atoms in total. The van der Waals surface area contributed by atoms with Gasteiger partial charge in [0.1, 0.15) is 0 Å². The highest BCUT2D eigenvalue weighted by Crippen LogP contribution is 2.16. The van der Waals surface area contributed by atoms with Gasteiger partial charge in [-0.15, -0.1) is 0 Å². The highest BCUT2D eigenvalue weighted by atomic mass is 16.6. The third kappa shape index (κ3) is 1.19. The number of ether oxygens (including phenoxy) is 1. The number of aliphatic hydroxyl groups excluding tert-OH is 1. The number of hydrogen-bond donors (Lipinski definition) is 1. The number of hydrogen-bond acceptors (Lipinski definition) is 3. The van der Waals surface area contributed by atoms with E-state index in [1.54, 1.807) is 0 Å². The normalized spacial score (nSPS) is 24.4. The van der Waals surface area contributed by atoms with Crippen molar-refractivity contribution in [1.82, 2.24) is 0 Å². The fourth-order valence-corrected chi connectivity index (χ4v) is 0.877. The van der Waals surface area contributed by atoms with Crippen LogP contribution in [0.5, 0.6) is 0 Å². The molecule has 0 radical (unpaired) electrons. The van der Waals surface area contributed by atoms with Gasteiger partial charge in [-0.1, -0.05) is 13.3 Å². The van der Waals surface area contributed by atoms with E-state index >= 15 is 0 Å². The van der Waals surface area contributed by atoms with Gasteiger partial charge in [0, 0.05) is 5.57 Å². The maximum absolute atomic E-state index is 10.9. The predicted molar refractivity (Wildman–Crippen MR) is 35.1 cm³/mol. The van der Waals surface area contributed by atoms with Crippen LogP contribution in [0.25, 0.3) is 0 Å². The Morgan fingerprint density at radius 3 is 2.90 bits per heavy atom. The van der Waals surface area contributed by atoms with Crippen molar-refractivity contribution in [3.63, 3.8) is 0 Å². The summed E-state index contributed by atoms with van der Waals surface area (Å²) < 4.78 is 4.57. The summed E-state index contributed by atoms with van der Waals surface area (Å²) in [5.74, 6) is -0.290. The van der Waals surface area contributed by atoms with Crippen molar-refractivity contribution in [3.05, 3.63) is 11.8 Å². The number of ketones is 1. The maximum atomic E-state index is 10.9. The first-order valence-electron chi connectivity index (χ1n) is 3.32. The Morgan fingerprint density at radius 1 is 1.80 bits per heavy atom. The summed E-state index contributed by atoms with van der Waals surface area (Å²) >= 11 is 0. The second-order valence-corrected chi connectivity index (χ2v) is 2.25. The van der Waals surface area contributed by atoms with Gasteiger partial charge in [0.05, 0.1) is 6.26 Å². The maximum Gasteiger partial charge on any atom is 0.261 e. The second-order valence-electron chi connectivity index (χ2n) is 2.25. The number of Topliss-reactive ketones (excluding diaryl/α,β-unsaturated/α-hetero) is 1. The van der Waals surface area contributed by atoms with Crippen molar-refractivity contribution >= 4 is 5.78 Å². The van der Waals surface area contributed by atoms with E-state index in [9.17, 15) is 4.79 Å². The molecule has 0 amide bonds. The van der Waals surface area contributed by atoms with E-state index in [-0.39, 0.29) is 5.78 Å². The smallest absolute Gasteiger partial charge is 0.261 e. The van der Waals surface area contributed by atoms with Gasteiger partial charge in [-0.05, 0) is 6.42 Å². The van der Waals surface area contributed by atoms with Crippen LogP contribution in [0.15, 0.2) is 11.8 Å². The fourth-order valence-electron chi connectivity index (χ4n) is 0.877. The summed E-state index contributed by atoms with van der Waals surface area (Å²) in [6.07, 6.45) is 1.70. The van der Waals surface area contributed by atoms with Gasteiger partial charge >= 0.3 is 0 Å². The molecule has 3 heteroatoms. The zero-order valence-corrected chi connectivity index (χ0v) is 5.83. The first-order valence-corrected chi connectivity index (χ1v) is 3.32. The number of rotatable bonds is 2. The van der Waals surface area contributed by atoms with Crippen molar-refractivity contribution in [1.29, 1.82) is 0 Å². The minimum absolute atomic E-state index is 0.290. The Kier molecular flexibility index (Phi) is 2.06. The van der Waals surface area contributed by atoms with Crippen molar-refractivity contribution in [2.45, 2.75) is 26.1 Å². The Hall–Kier alpha value is -0.830. The SMILES string of the molecule is CCCC1=COC(O)C1=O. The molecule has 1 rings (SSSR count). The van der Waals surface area contributed by atoms with Crippen LogP contribution >= 0.6 is 0 Å². The highest BCUT2D eigenvalue weighted by Gasteiger charge is 2.25. The molecule has 10 heavy (non-hydrogen) atoms. The molecule has 0 aromatic carbocycles. The second kappa shape index (κ2) is 2.84. The number of carbonyl (C=O) groups is 1. The molecule has 1 N–H and O–H groups in total. The van der Waals surface area contributed by atoms with Crippen LogP contribution in [0.4, 0.5) is 0 Å². The summed E-state index contributed by atoms with van der Waals surface area (Å²) in [5.41, 5.74) is 0.593. The lowest BCUT2D eigenvalue weighted by atomic mass is 10.1. The van der Waals surface area contributed by atoms with Crippen LogP contribution in [-0.4, -0.2) is 17.2 Å². The van der Waals surface area contributed by atoms with Gasteiger partial charge in [0.25, 0.3) is 6.29 Å². The molecule has 1 unspecified atom stereocenters. The average molecular weight is 142 g/mol. The Bertz CT molecular complexity index is 172. The largest absolute Gasteiger partial charge is 0.464 e. The van der Waals surface area contributed by atoms with Crippen molar-refractivity contribution in [2.24, 2.45) is 0 Å². The topological polar surface area (TPSA) is 46.5 Å². The van der Waals surface area contributed by atoms with Crippen molar-refractivity contribution < 1.29 is 14.6 Å². The molecule has 0 fully saturated rings. The molecule has 0 aliphatic carbocycles. The van der Waals surface area contributed by atoms with Gasteiger partial charge in [-0.3, -0.25) is 4.79 Å². The summed E-state index contributed by atoms with van der Waals surface area (Å²) in [5, 5.41) is 8.77. The van der Waals surface area contributed by atoms with Crippen molar-refractivity contribution in [2.75, 3.05) is 0 Å². The summed E-state index contributed by atoms with van der Waals surface area (Å²) in [6, 6.07) is 0. The van der Waals surface area contributed by atoms with Gasteiger partial charge in [-0.2, -0.15) is 0 Å². The third-order valence-corrected chi connectivity index (χ3v) is 1.40. The molecule has 0 spiro atoms. The molecule has 56 valence electrons. The van der Waals surface area contributed by atoms with Crippen LogP contribution in [0, 0.1) is 0 Å². The van der Waals surface area contributed by atoms with Crippen molar-refractivity contribution in [3.8, 4) is 0 Å². The van der Waals surface area contributed by atoms with Crippen LogP contribution in [0.2, 0.25) is 0 Å². The lowest BCUT2D eigenvalue weighted by Gasteiger charge is -1.97. The Labute approximate surface area is 59.3 Å². The van der Waals surface area contributed by atoms with E-state index < -0.39 is 6.29 Å². The van der Waals surface area contributed by atoms with Gasteiger partial charge < -0.3 is 9.84 Å². The van der Waals surface area contributed by atoms with E-state index in [2.05, 4.69) is 4.74 Å². The van der Waals surface area contributed by atoms with Crippen LogP contribution in [0.3, 0.4) is 0 Å². The van der Waals surface area contributed by atoms with Crippen LogP contribution < -0.4 is 0 Å². The van der Waals surface area contributed by atoms with Gasteiger partial charge in [0.15, 0.2) is 0 Å². The van der Waals surface area contributed by atoms with E-state index in [0.29, 0.717) is 12.0 Å². The quantitative estimate of drug-likeness (QED) is 0.613. The molecular formula is C7H10O3. The molecule has 0 saturated heterocycles. The van der Waals surface area contributed by atoms with E-state index in [4.69, 9.17) is 5.11 Å². The lowest BCUT2D eigenvalue weighted by molar-refractivity contribution is -0.137. The molecule has 0 saturated carbocycles. The Balaban J connectivity index is 2.54. The number of carbonyl (C=O) groups excluding carboxylic acids is 1. The fraction of sp³-hybridized carbons (Fsp3) is 0.571. The number of aliphatic hydroxyl groups is 1. The monoisotopic (exact) mass is 142 g/mol. The molecule has 1 aliphatic heterocycles. The lowest BCUT2D eigenvalue weighted by Crippen LogP contribution is -2.16. The first kappa shape index (κ1) is 7.28. The summed E-state index contributed by atoms with van der Waals surface area (Å²) in [7, 11) is 0. The van der Waals surface area contributed by atoms with Gasteiger partial charge in [-0.25, -0.2) is 0 Å².